The largest absolute Gasteiger partial charge is 0.393 e. The number of nitrogens with zero attached hydrogens (tertiary/aromatic N) is 1. The first-order valence-corrected chi connectivity index (χ1v) is 7.74. The molecule has 2 rings (SSSR count). The zero-order valence-electron chi connectivity index (χ0n) is 11.8. The molecule has 2 aliphatic rings. The normalized spacial score (nSPS) is 31.2. The van der Waals surface area contributed by atoms with E-state index in [0.29, 0.717) is 6.04 Å². The molecule has 0 aromatic rings. The molecule has 2 fully saturated rings. The Kier molecular flexibility index (Phi) is 5.05. The highest BCUT2D eigenvalue weighted by molar-refractivity contribution is 4.90. The third-order valence-corrected chi connectivity index (χ3v) is 4.64. The van der Waals surface area contributed by atoms with Crippen LogP contribution in [0.2, 0.25) is 0 Å². The summed E-state index contributed by atoms with van der Waals surface area (Å²) in [6.45, 7) is 3.80. The van der Waals surface area contributed by atoms with Gasteiger partial charge in [0.2, 0.25) is 0 Å². The van der Waals surface area contributed by atoms with Crippen molar-refractivity contribution >= 4 is 0 Å². The summed E-state index contributed by atoms with van der Waals surface area (Å²) in [5, 5.41) is 20.2. The van der Waals surface area contributed by atoms with Crippen LogP contribution < -0.4 is 0 Å². The molecule has 1 saturated heterocycles. The van der Waals surface area contributed by atoms with Crippen molar-refractivity contribution in [3.05, 3.63) is 0 Å². The van der Waals surface area contributed by atoms with Crippen LogP contribution in [0.1, 0.15) is 64.7 Å². The Balaban J connectivity index is 1.96. The van der Waals surface area contributed by atoms with Gasteiger partial charge in [0, 0.05) is 12.6 Å². The Morgan fingerprint density at radius 3 is 2.56 bits per heavy atom. The fraction of sp³-hybridized carbons (Fsp3) is 1.00. The van der Waals surface area contributed by atoms with Gasteiger partial charge in [-0.25, -0.2) is 0 Å². The summed E-state index contributed by atoms with van der Waals surface area (Å²) >= 11 is 0. The Hall–Kier alpha value is -0.120. The van der Waals surface area contributed by atoms with Crippen LogP contribution in [0.3, 0.4) is 0 Å². The number of hydrogen-bond donors (Lipinski definition) is 2. The molecule has 18 heavy (non-hydrogen) atoms. The molecule has 1 aliphatic heterocycles. The lowest BCUT2D eigenvalue weighted by molar-refractivity contribution is -0.00957. The SMILES string of the molecule is CC(O)CC1CCCCCN1CC1(O)CCCC1. The summed E-state index contributed by atoms with van der Waals surface area (Å²) in [5.74, 6) is 0. The lowest BCUT2D eigenvalue weighted by Crippen LogP contribution is -2.46. The predicted octanol–water partition coefficient (Wildman–Crippen LogP) is 2.31. The molecule has 3 heteroatoms. The third-order valence-electron chi connectivity index (χ3n) is 4.64. The van der Waals surface area contributed by atoms with Gasteiger partial charge < -0.3 is 10.2 Å². The molecule has 0 bridgehead atoms. The third kappa shape index (κ3) is 3.94. The van der Waals surface area contributed by atoms with E-state index in [1.807, 2.05) is 6.92 Å². The molecule has 1 aliphatic carbocycles. The van der Waals surface area contributed by atoms with Crippen LogP contribution in [0, 0.1) is 0 Å². The summed E-state index contributed by atoms with van der Waals surface area (Å²) in [6.07, 6.45) is 9.89. The number of aliphatic hydroxyl groups is 2. The van der Waals surface area contributed by atoms with E-state index in [4.69, 9.17) is 0 Å². The fourth-order valence-electron chi connectivity index (χ4n) is 3.67. The molecule has 2 atom stereocenters. The summed E-state index contributed by atoms with van der Waals surface area (Å²) in [7, 11) is 0. The fourth-order valence-corrected chi connectivity index (χ4v) is 3.67. The zero-order chi connectivity index (χ0) is 13.0. The molecule has 0 amide bonds. The van der Waals surface area contributed by atoms with E-state index in [1.54, 1.807) is 0 Å². The monoisotopic (exact) mass is 255 g/mol. The molecule has 1 saturated carbocycles. The minimum absolute atomic E-state index is 0.228. The molecule has 2 unspecified atom stereocenters. The second kappa shape index (κ2) is 6.36. The van der Waals surface area contributed by atoms with E-state index >= 15 is 0 Å². The van der Waals surface area contributed by atoms with Crippen LogP contribution in [0.25, 0.3) is 0 Å². The van der Waals surface area contributed by atoms with Gasteiger partial charge >= 0.3 is 0 Å². The Morgan fingerprint density at radius 2 is 1.89 bits per heavy atom. The molecule has 0 aromatic carbocycles. The van der Waals surface area contributed by atoms with Gasteiger partial charge in [0.15, 0.2) is 0 Å². The minimum Gasteiger partial charge on any atom is -0.393 e. The van der Waals surface area contributed by atoms with E-state index < -0.39 is 5.60 Å². The predicted molar refractivity (Wildman–Crippen MR) is 73.5 cm³/mol. The summed E-state index contributed by atoms with van der Waals surface area (Å²) in [4.78, 5) is 2.46. The second-order valence-corrected chi connectivity index (χ2v) is 6.49. The number of hydrogen-bond acceptors (Lipinski definition) is 3. The molecule has 1 heterocycles. The van der Waals surface area contributed by atoms with E-state index in [1.165, 1.54) is 38.5 Å². The first-order chi connectivity index (χ1) is 8.59. The highest BCUT2D eigenvalue weighted by Crippen LogP contribution is 2.32. The van der Waals surface area contributed by atoms with E-state index in [-0.39, 0.29) is 6.10 Å². The first-order valence-electron chi connectivity index (χ1n) is 7.74. The summed E-state index contributed by atoms with van der Waals surface area (Å²) < 4.78 is 0. The van der Waals surface area contributed by atoms with Gasteiger partial charge in [-0.15, -0.1) is 0 Å². The standard InChI is InChI=1S/C15H29NO2/c1-13(17)11-14-7-3-2-6-10-16(14)12-15(18)8-4-5-9-15/h13-14,17-18H,2-12H2,1H3. The smallest absolute Gasteiger partial charge is 0.0774 e. The zero-order valence-corrected chi connectivity index (χ0v) is 11.8. The maximum absolute atomic E-state index is 10.6. The van der Waals surface area contributed by atoms with Crippen LogP contribution in [0.15, 0.2) is 0 Å². The Morgan fingerprint density at radius 1 is 1.17 bits per heavy atom. The Bertz CT molecular complexity index is 249. The van der Waals surface area contributed by atoms with Crippen LogP contribution >= 0.6 is 0 Å². The number of rotatable bonds is 4. The van der Waals surface area contributed by atoms with Crippen molar-refractivity contribution in [3.63, 3.8) is 0 Å². The average molecular weight is 255 g/mol. The van der Waals surface area contributed by atoms with E-state index in [2.05, 4.69) is 4.90 Å². The average Bonchev–Trinajstić information content (AvgIpc) is 2.61. The van der Waals surface area contributed by atoms with Crippen molar-refractivity contribution < 1.29 is 10.2 Å². The molecule has 0 aromatic heterocycles. The van der Waals surface area contributed by atoms with E-state index in [0.717, 1.165) is 32.4 Å². The molecule has 2 N–H and O–H groups in total. The Labute approximate surface area is 111 Å². The molecule has 0 radical (unpaired) electrons. The van der Waals surface area contributed by atoms with Crippen molar-refractivity contribution in [2.24, 2.45) is 0 Å². The van der Waals surface area contributed by atoms with Gasteiger partial charge in [0.05, 0.1) is 11.7 Å². The van der Waals surface area contributed by atoms with Gasteiger partial charge in [-0.1, -0.05) is 25.7 Å². The van der Waals surface area contributed by atoms with Crippen LogP contribution in [-0.2, 0) is 0 Å². The number of aliphatic hydroxyl groups excluding tert-OH is 1. The van der Waals surface area contributed by atoms with Crippen LogP contribution in [0.4, 0.5) is 0 Å². The lowest BCUT2D eigenvalue weighted by Gasteiger charge is -2.36. The molecule has 106 valence electrons. The van der Waals surface area contributed by atoms with Crippen molar-refractivity contribution in [2.45, 2.75) is 82.5 Å². The van der Waals surface area contributed by atoms with Gasteiger partial charge in [-0.2, -0.15) is 0 Å². The maximum Gasteiger partial charge on any atom is 0.0774 e. The first kappa shape index (κ1) is 14.3. The highest BCUT2D eigenvalue weighted by atomic mass is 16.3. The van der Waals surface area contributed by atoms with Gasteiger partial charge in [0.1, 0.15) is 0 Å². The van der Waals surface area contributed by atoms with Crippen molar-refractivity contribution in [1.82, 2.24) is 4.90 Å². The van der Waals surface area contributed by atoms with Crippen molar-refractivity contribution in [1.29, 1.82) is 0 Å². The quantitative estimate of drug-likeness (QED) is 0.810. The van der Waals surface area contributed by atoms with Gasteiger partial charge in [-0.05, 0) is 45.6 Å². The maximum atomic E-state index is 10.6. The van der Waals surface area contributed by atoms with Gasteiger partial charge in [-0.3, -0.25) is 4.90 Å². The highest BCUT2D eigenvalue weighted by Gasteiger charge is 2.35. The second-order valence-electron chi connectivity index (χ2n) is 6.49. The lowest BCUT2D eigenvalue weighted by atomic mass is 9.98. The van der Waals surface area contributed by atoms with Gasteiger partial charge in [0.25, 0.3) is 0 Å². The number of β-amino-alcohol motifs (C(OH)–C–C–N with tert-alkyl or cyclic N) is 1. The summed E-state index contributed by atoms with van der Waals surface area (Å²) in [6, 6.07) is 0.470. The molecule has 3 nitrogen and oxygen atoms in total. The molecular formula is C15H29NO2. The van der Waals surface area contributed by atoms with Crippen molar-refractivity contribution in [2.75, 3.05) is 13.1 Å². The van der Waals surface area contributed by atoms with Crippen LogP contribution in [-0.4, -0.2) is 45.9 Å². The minimum atomic E-state index is -0.443. The summed E-state index contributed by atoms with van der Waals surface area (Å²) in [5.41, 5.74) is -0.443. The van der Waals surface area contributed by atoms with E-state index in [9.17, 15) is 10.2 Å². The molecule has 0 spiro atoms. The molecular weight excluding hydrogens is 226 g/mol. The number of likely N-dealkylation sites (tertiary alicyclic amines) is 1. The topological polar surface area (TPSA) is 43.7 Å². The van der Waals surface area contributed by atoms with Crippen molar-refractivity contribution in [3.8, 4) is 0 Å². The van der Waals surface area contributed by atoms with Crippen LogP contribution in [0.5, 0.6) is 0 Å².